The molecular weight excluding hydrogens is 302 g/mol. The molecule has 0 saturated heterocycles. The summed E-state index contributed by atoms with van der Waals surface area (Å²) in [4.78, 5) is 28.8. The van der Waals surface area contributed by atoms with Crippen LogP contribution in [0.1, 0.15) is 24.0 Å². The highest BCUT2D eigenvalue weighted by atomic mass is 16.2. The van der Waals surface area contributed by atoms with E-state index in [9.17, 15) is 9.59 Å². The molecule has 0 aromatic heterocycles. The summed E-state index contributed by atoms with van der Waals surface area (Å²) in [5.41, 5.74) is 2.58. The molecule has 1 heterocycles. The van der Waals surface area contributed by atoms with Gasteiger partial charge in [0, 0.05) is 19.6 Å². The first-order valence-electron chi connectivity index (χ1n) is 8.84. The summed E-state index contributed by atoms with van der Waals surface area (Å²) in [6, 6.07) is 8.30. The van der Waals surface area contributed by atoms with Gasteiger partial charge in [0.2, 0.25) is 11.8 Å². The lowest BCUT2D eigenvalue weighted by atomic mass is 9.99. The number of rotatable bonds is 6. The lowest BCUT2D eigenvalue weighted by Gasteiger charge is -2.29. The molecular formula is C19H27N3O2. The Morgan fingerprint density at radius 2 is 1.96 bits per heavy atom. The minimum Gasteiger partial charge on any atom is -0.356 e. The fourth-order valence-corrected chi connectivity index (χ4v) is 3.41. The van der Waals surface area contributed by atoms with Gasteiger partial charge in [-0.2, -0.15) is 0 Å². The van der Waals surface area contributed by atoms with E-state index in [-0.39, 0.29) is 23.7 Å². The van der Waals surface area contributed by atoms with Gasteiger partial charge in [0.05, 0.1) is 11.8 Å². The number of carbonyl (C=O) groups is 2. The van der Waals surface area contributed by atoms with E-state index in [0.717, 1.165) is 25.9 Å². The molecule has 5 heteroatoms. The fraction of sp³-hybridized carbons (Fsp3) is 0.579. The largest absolute Gasteiger partial charge is 0.356 e. The van der Waals surface area contributed by atoms with Gasteiger partial charge in [-0.3, -0.25) is 9.59 Å². The topological polar surface area (TPSA) is 52.7 Å². The maximum atomic E-state index is 12.6. The molecule has 5 nitrogen and oxygen atoms in total. The Kier molecular flexibility index (Phi) is 5.19. The monoisotopic (exact) mass is 329 g/mol. The smallest absolute Gasteiger partial charge is 0.226 e. The second-order valence-electron chi connectivity index (χ2n) is 7.18. The Hall–Kier alpha value is -1.88. The molecule has 2 aliphatic rings. The summed E-state index contributed by atoms with van der Waals surface area (Å²) < 4.78 is 0. The number of nitrogens with one attached hydrogen (secondary N) is 1. The maximum Gasteiger partial charge on any atom is 0.226 e. The molecule has 3 rings (SSSR count). The molecule has 2 amide bonds. The van der Waals surface area contributed by atoms with Crippen molar-refractivity contribution in [2.45, 2.75) is 25.8 Å². The van der Waals surface area contributed by atoms with E-state index in [1.807, 2.05) is 31.1 Å². The van der Waals surface area contributed by atoms with Crippen molar-refractivity contribution in [3.63, 3.8) is 0 Å². The lowest BCUT2D eigenvalue weighted by Crippen LogP contribution is -2.38. The Labute approximate surface area is 144 Å². The van der Waals surface area contributed by atoms with Crippen LogP contribution in [0.5, 0.6) is 0 Å². The highest BCUT2D eigenvalue weighted by molar-refractivity contribution is 5.92. The molecule has 1 fully saturated rings. The highest BCUT2D eigenvalue weighted by Gasteiger charge is 2.49. The standard InChI is InChI=1S/C19H27N3O2/c1-21(2)10-5-9-20-18(23)16-12-17(16)19(24)22-11-8-14-6-3-4-7-15(14)13-22/h3-4,6-7,16-17H,5,8-13H2,1-2H3,(H,20,23). The molecule has 2 unspecified atom stereocenters. The zero-order valence-electron chi connectivity index (χ0n) is 14.6. The second-order valence-corrected chi connectivity index (χ2v) is 7.18. The van der Waals surface area contributed by atoms with Crippen molar-refractivity contribution in [1.82, 2.24) is 15.1 Å². The van der Waals surface area contributed by atoms with Gasteiger partial charge in [0.15, 0.2) is 0 Å². The zero-order valence-corrected chi connectivity index (χ0v) is 14.6. The molecule has 0 bridgehead atoms. The molecule has 0 spiro atoms. The first-order chi connectivity index (χ1) is 11.6. The van der Waals surface area contributed by atoms with Crippen molar-refractivity contribution >= 4 is 11.8 Å². The van der Waals surface area contributed by atoms with E-state index < -0.39 is 0 Å². The molecule has 130 valence electrons. The van der Waals surface area contributed by atoms with E-state index in [0.29, 0.717) is 19.5 Å². The van der Waals surface area contributed by atoms with Crippen molar-refractivity contribution < 1.29 is 9.59 Å². The highest BCUT2D eigenvalue weighted by Crippen LogP contribution is 2.40. The number of hydrogen-bond donors (Lipinski definition) is 1. The molecule has 2 atom stereocenters. The summed E-state index contributed by atoms with van der Waals surface area (Å²) in [5, 5.41) is 2.97. The molecule has 1 aromatic rings. The van der Waals surface area contributed by atoms with E-state index in [1.54, 1.807) is 0 Å². The first kappa shape index (κ1) is 17.0. The van der Waals surface area contributed by atoms with Crippen LogP contribution in [0.15, 0.2) is 24.3 Å². The van der Waals surface area contributed by atoms with Crippen LogP contribution in [0.2, 0.25) is 0 Å². The van der Waals surface area contributed by atoms with Crippen molar-refractivity contribution in [1.29, 1.82) is 0 Å². The van der Waals surface area contributed by atoms with E-state index in [1.165, 1.54) is 11.1 Å². The number of fused-ring (bicyclic) bond motifs is 1. The number of hydrogen-bond acceptors (Lipinski definition) is 3. The third kappa shape index (κ3) is 3.96. The number of nitrogens with zero attached hydrogens (tertiary/aromatic N) is 2. The van der Waals surface area contributed by atoms with E-state index in [2.05, 4.69) is 22.3 Å². The molecule has 1 aliphatic heterocycles. The van der Waals surface area contributed by atoms with Crippen LogP contribution < -0.4 is 5.32 Å². The molecule has 1 N–H and O–H groups in total. The summed E-state index contributed by atoms with van der Waals surface area (Å²) in [6.07, 6.45) is 2.56. The summed E-state index contributed by atoms with van der Waals surface area (Å²) in [5.74, 6) is -0.0272. The summed E-state index contributed by atoms with van der Waals surface area (Å²) in [6.45, 7) is 3.10. The maximum absolute atomic E-state index is 12.6. The molecule has 1 aromatic carbocycles. The van der Waals surface area contributed by atoms with Gasteiger partial charge < -0.3 is 15.1 Å². The van der Waals surface area contributed by atoms with Gasteiger partial charge in [-0.1, -0.05) is 24.3 Å². The van der Waals surface area contributed by atoms with Gasteiger partial charge in [0.1, 0.15) is 0 Å². The normalized spacial score (nSPS) is 22.2. The average Bonchev–Trinajstić information content (AvgIpc) is 3.38. The van der Waals surface area contributed by atoms with Crippen LogP contribution in [0.4, 0.5) is 0 Å². The Morgan fingerprint density at radius 1 is 1.21 bits per heavy atom. The summed E-state index contributed by atoms with van der Waals surface area (Å²) >= 11 is 0. The second kappa shape index (κ2) is 7.34. The van der Waals surface area contributed by atoms with Crippen LogP contribution in [0.25, 0.3) is 0 Å². The van der Waals surface area contributed by atoms with Gasteiger partial charge in [-0.15, -0.1) is 0 Å². The average molecular weight is 329 g/mol. The van der Waals surface area contributed by atoms with E-state index >= 15 is 0 Å². The quantitative estimate of drug-likeness (QED) is 0.800. The number of amides is 2. The van der Waals surface area contributed by atoms with Crippen molar-refractivity contribution in [2.24, 2.45) is 11.8 Å². The van der Waals surface area contributed by atoms with Gasteiger partial charge in [-0.05, 0) is 51.0 Å². The molecule has 24 heavy (non-hydrogen) atoms. The minimum atomic E-state index is -0.117. The third-order valence-corrected chi connectivity index (χ3v) is 4.97. The summed E-state index contributed by atoms with van der Waals surface area (Å²) in [7, 11) is 4.04. The number of carbonyl (C=O) groups excluding carboxylic acids is 2. The van der Waals surface area contributed by atoms with Crippen LogP contribution in [-0.4, -0.2) is 55.3 Å². The Morgan fingerprint density at radius 3 is 2.71 bits per heavy atom. The molecule has 1 aliphatic carbocycles. The Bertz CT molecular complexity index is 614. The Balaban J connectivity index is 1.45. The lowest BCUT2D eigenvalue weighted by molar-refractivity contribution is -0.135. The van der Waals surface area contributed by atoms with Crippen LogP contribution in [0, 0.1) is 11.8 Å². The van der Waals surface area contributed by atoms with Gasteiger partial charge in [-0.25, -0.2) is 0 Å². The van der Waals surface area contributed by atoms with Crippen LogP contribution in [0.3, 0.4) is 0 Å². The zero-order chi connectivity index (χ0) is 17.1. The SMILES string of the molecule is CN(C)CCCNC(=O)C1CC1C(=O)N1CCc2ccccc2C1. The van der Waals surface area contributed by atoms with Crippen molar-refractivity contribution in [3.8, 4) is 0 Å². The van der Waals surface area contributed by atoms with Crippen molar-refractivity contribution in [2.75, 3.05) is 33.7 Å². The predicted octanol–water partition coefficient (Wildman–Crippen LogP) is 1.28. The fourth-order valence-electron chi connectivity index (χ4n) is 3.41. The molecule has 0 radical (unpaired) electrons. The molecule has 1 saturated carbocycles. The van der Waals surface area contributed by atoms with Crippen LogP contribution in [-0.2, 0) is 22.6 Å². The van der Waals surface area contributed by atoms with E-state index in [4.69, 9.17) is 0 Å². The van der Waals surface area contributed by atoms with Crippen LogP contribution >= 0.6 is 0 Å². The number of benzene rings is 1. The van der Waals surface area contributed by atoms with Crippen molar-refractivity contribution in [3.05, 3.63) is 35.4 Å². The van der Waals surface area contributed by atoms with Gasteiger partial charge >= 0.3 is 0 Å². The first-order valence-corrected chi connectivity index (χ1v) is 8.84. The minimum absolute atomic E-state index is 0.0458. The third-order valence-electron chi connectivity index (χ3n) is 4.97. The van der Waals surface area contributed by atoms with Gasteiger partial charge in [0.25, 0.3) is 0 Å². The predicted molar refractivity (Wildman–Crippen MR) is 93.3 cm³/mol.